The van der Waals surface area contributed by atoms with E-state index in [-0.39, 0.29) is 21.3 Å². The first kappa shape index (κ1) is 37.6. The molecule has 4 rings (SSSR count). The maximum atomic E-state index is 12.3. The first-order valence-electron chi connectivity index (χ1n) is 15.2. The van der Waals surface area contributed by atoms with Gasteiger partial charge in [0, 0.05) is 29.2 Å². The second kappa shape index (κ2) is 16.3. The minimum atomic E-state index is -3.56. The largest absolute Gasteiger partial charge is 0.465 e. The van der Waals surface area contributed by atoms with E-state index in [0.717, 1.165) is 42.0 Å². The van der Waals surface area contributed by atoms with Crippen LogP contribution in [-0.2, 0) is 37.3 Å². The second-order valence-corrected chi connectivity index (χ2v) is 15.1. The van der Waals surface area contributed by atoms with E-state index in [0.29, 0.717) is 35.1 Å². The molecule has 0 saturated carbocycles. The van der Waals surface area contributed by atoms with Crippen molar-refractivity contribution < 1.29 is 31.2 Å². The lowest BCUT2D eigenvalue weighted by Crippen LogP contribution is -2.24. The summed E-state index contributed by atoms with van der Waals surface area (Å²) in [5.74, 6) is -1.52. The second-order valence-electron chi connectivity index (χ2n) is 11.1. The molecule has 48 heavy (non-hydrogen) atoms. The molecule has 0 atom stereocenters. The molecule has 4 N–H and O–H groups in total. The highest BCUT2D eigenvalue weighted by Crippen LogP contribution is 2.33. The Hall–Kier alpha value is -4.81. The van der Waals surface area contributed by atoms with Crippen molar-refractivity contribution in [2.24, 2.45) is 16.5 Å². The van der Waals surface area contributed by atoms with Crippen LogP contribution < -0.4 is 11.5 Å². The Bertz CT molecular complexity index is 2020. The number of sulfone groups is 2. The highest BCUT2D eigenvalue weighted by Gasteiger charge is 2.23. The van der Waals surface area contributed by atoms with Gasteiger partial charge in [0.15, 0.2) is 25.6 Å². The molecular formula is C36H41N3O7S2. The fourth-order valence-corrected chi connectivity index (χ4v) is 6.99. The normalized spacial score (nSPS) is 11.2. The number of carbonyl (C=O) groups is 2. The Morgan fingerprint density at radius 3 is 1.42 bits per heavy atom. The summed E-state index contributed by atoms with van der Waals surface area (Å²) < 4.78 is 53.8. The summed E-state index contributed by atoms with van der Waals surface area (Å²) in [6.45, 7) is 3.98. The smallest absolute Gasteiger partial charge is 0.338 e. The zero-order valence-electron chi connectivity index (χ0n) is 27.7. The summed E-state index contributed by atoms with van der Waals surface area (Å²) in [5.41, 5.74) is 15.4. The van der Waals surface area contributed by atoms with Gasteiger partial charge in [-0.3, -0.25) is 4.79 Å². The molecule has 0 aliphatic carbocycles. The van der Waals surface area contributed by atoms with Crippen molar-refractivity contribution in [2.75, 3.05) is 19.6 Å². The first-order valence-corrected chi connectivity index (χ1v) is 19.0. The van der Waals surface area contributed by atoms with Crippen molar-refractivity contribution in [3.63, 3.8) is 0 Å². The Morgan fingerprint density at radius 1 is 0.667 bits per heavy atom. The maximum absolute atomic E-state index is 12.3. The van der Waals surface area contributed by atoms with Gasteiger partial charge in [0.1, 0.15) is 0 Å². The molecular weight excluding hydrogens is 651 g/mol. The molecule has 0 radical (unpaired) electrons. The van der Waals surface area contributed by atoms with Crippen molar-refractivity contribution >= 4 is 37.5 Å². The number of carbonyl (C=O) groups excluding carboxylic acids is 2. The van der Waals surface area contributed by atoms with Crippen LogP contribution in [-0.4, -0.2) is 54.3 Å². The lowest BCUT2D eigenvalue weighted by Gasteiger charge is -2.14. The molecule has 0 aliphatic heterocycles. The van der Waals surface area contributed by atoms with Crippen LogP contribution in [0.5, 0.6) is 0 Å². The third-order valence-corrected chi connectivity index (χ3v) is 9.56. The number of amides is 1. The van der Waals surface area contributed by atoms with Crippen LogP contribution in [0.3, 0.4) is 0 Å². The van der Waals surface area contributed by atoms with Crippen LogP contribution in [0, 0.1) is 0 Å². The number of aliphatic imine (C=N–C) groups is 1. The van der Waals surface area contributed by atoms with Crippen LogP contribution >= 0.6 is 0 Å². The Labute approximate surface area is 282 Å². The molecule has 0 bridgehead atoms. The van der Waals surface area contributed by atoms with Crippen LogP contribution in [0.1, 0.15) is 58.5 Å². The highest BCUT2D eigenvalue weighted by atomic mass is 32.2. The summed E-state index contributed by atoms with van der Waals surface area (Å²) in [6, 6.07) is 24.8. The van der Waals surface area contributed by atoms with Gasteiger partial charge >= 0.3 is 5.97 Å². The number of hydrogen-bond acceptors (Lipinski definition) is 7. The van der Waals surface area contributed by atoms with Crippen LogP contribution in [0.4, 0.5) is 0 Å². The lowest BCUT2D eigenvalue weighted by molar-refractivity contribution is 0.0599. The molecule has 0 aromatic heterocycles. The average Bonchev–Trinajstić information content (AvgIpc) is 3.04. The molecule has 1 amide bonds. The number of aryl methyl sites for hydroxylation is 2. The zero-order chi connectivity index (χ0) is 35.6. The van der Waals surface area contributed by atoms with E-state index in [1.165, 1.54) is 19.2 Å². The topological polar surface area (TPSA) is 176 Å². The summed E-state index contributed by atoms with van der Waals surface area (Å²) >= 11 is 0. The third-order valence-electron chi connectivity index (χ3n) is 7.28. The fraction of sp³-hybridized carbons (Fsp3) is 0.250. The van der Waals surface area contributed by atoms with Gasteiger partial charge in [-0.05, 0) is 59.4 Å². The Kier molecular flexibility index (Phi) is 12.8. The van der Waals surface area contributed by atoms with Gasteiger partial charge in [-0.1, -0.05) is 87.4 Å². The molecule has 12 heteroatoms. The van der Waals surface area contributed by atoms with Gasteiger partial charge < -0.3 is 16.2 Å². The van der Waals surface area contributed by atoms with Crippen molar-refractivity contribution in [2.45, 2.75) is 49.3 Å². The summed E-state index contributed by atoms with van der Waals surface area (Å²) in [4.78, 5) is 28.1. The molecule has 0 aliphatic rings. The van der Waals surface area contributed by atoms with Gasteiger partial charge in [-0.2, -0.15) is 4.99 Å². The number of methoxy groups -OCH3 is 1. The number of benzene rings is 4. The van der Waals surface area contributed by atoms with E-state index in [1.54, 1.807) is 12.1 Å². The SMILES string of the molecule is CCCc1cc(-c2ccccc2)c(S(C)(=O)=O)cc1C(=O)N=C(N)N.CCCc1cc(-c2ccccc2)c(S(C)(=O)=O)cc1C(=O)OC. The van der Waals surface area contributed by atoms with E-state index in [9.17, 15) is 26.4 Å². The van der Waals surface area contributed by atoms with E-state index >= 15 is 0 Å². The predicted octanol–water partition coefficient (Wildman–Crippen LogP) is 5.62. The molecule has 254 valence electrons. The Morgan fingerprint density at radius 2 is 1.06 bits per heavy atom. The number of nitrogens with zero attached hydrogens (tertiary/aromatic N) is 1. The quantitative estimate of drug-likeness (QED) is 0.121. The van der Waals surface area contributed by atoms with Gasteiger partial charge in [0.25, 0.3) is 5.91 Å². The van der Waals surface area contributed by atoms with Gasteiger partial charge in [0.05, 0.1) is 22.5 Å². The molecule has 0 saturated heterocycles. The molecule has 4 aromatic rings. The van der Waals surface area contributed by atoms with Crippen molar-refractivity contribution in [1.29, 1.82) is 0 Å². The zero-order valence-corrected chi connectivity index (χ0v) is 29.3. The van der Waals surface area contributed by atoms with Crippen molar-refractivity contribution in [1.82, 2.24) is 0 Å². The van der Waals surface area contributed by atoms with Crippen LogP contribution in [0.25, 0.3) is 22.3 Å². The van der Waals surface area contributed by atoms with Crippen molar-refractivity contribution in [3.8, 4) is 22.3 Å². The summed E-state index contributed by atoms with van der Waals surface area (Å²) in [7, 11) is -5.75. The molecule has 0 fully saturated rings. The van der Waals surface area contributed by atoms with E-state index in [2.05, 4.69) is 4.99 Å². The number of ether oxygens (including phenoxy) is 1. The maximum Gasteiger partial charge on any atom is 0.338 e. The highest BCUT2D eigenvalue weighted by molar-refractivity contribution is 7.91. The van der Waals surface area contributed by atoms with Crippen molar-refractivity contribution in [3.05, 3.63) is 107 Å². The fourth-order valence-electron chi connectivity index (χ4n) is 5.18. The molecule has 10 nitrogen and oxygen atoms in total. The predicted molar refractivity (Wildman–Crippen MR) is 189 cm³/mol. The monoisotopic (exact) mass is 691 g/mol. The standard InChI is InChI=1S/C18H21N3O3S.C18H20O4S/c1-3-7-13-10-14(12-8-5-4-6-9-12)16(25(2,23)24)11-15(13)17(22)21-18(19)20;1-4-8-14-11-15(13-9-6-5-7-10-13)17(23(3,20)21)12-16(14)18(19)22-2/h4-6,8-11H,3,7H2,1-2H3,(H4,19,20,21,22);5-7,9-12H,4,8H2,1-3H3. The summed E-state index contributed by atoms with van der Waals surface area (Å²) in [5, 5.41) is 0. The molecule has 0 spiro atoms. The van der Waals surface area contributed by atoms with E-state index in [1.807, 2.05) is 74.5 Å². The summed E-state index contributed by atoms with van der Waals surface area (Å²) in [6.07, 6.45) is 5.17. The third kappa shape index (κ3) is 9.61. The first-order chi connectivity index (χ1) is 22.6. The minimum absolute atomic E-state index is 0.0766. The molecule has 0 heterocycles. The van der Waals surface area contributed by atoms with Gasteiger partial charge in [-0.15, -0.1) is 0 Å². The van der Waals surface area contributed by atoms with Gasteiger partial charge in [0.2, 0.25) is 0 Å². The number of nitrogens with two attached hydrogens (primary N) is 2. The molecule has 4 aromatic carbocycles. The average molecular weight is 692 g/mol. The lowest BCUT2D eigenvalue weighted by atomic mass is 9.96. The van der Waals surface area contributed by atoms with Gasteiger partial charge in [-0.25, -0.2) is 21.6 Å². The number of esters is 1. The Balaban J connectivity index is 0.000000261. The number of hydrogen-bond donors (Lipinski definition) is 2. The van der Waals surface area contributed by atoms with Crippen LogP contribution in [0.15, 0.2) is 99.7 Å². The minimum Gasteiger partial charge on any atom is -0.465 e. The molecule has 0 unspecified atom stereocenters. The van der Waals surface area contributed by atoms with E-state index in [4.69, 9.17) is 16.2 Å². The van der Waals surface area contributed by atoms with E-state index < -0.39 is 31.6 Å². The number of rotatable bonds is 10. The van der Waals surface area contributed by atoms with Crippen LogP contribution in [0.2, 0.25) is 0 Å². The number of guanidine groups is 1.